The average molecular weight is 235 g/mol. The minimum absolute atomic E-state index is 0.112. The molecule has 0 saturated heterocycles. The molecule has 0 bridgehead atoms. The summed E-state index contributed by atoms with van der Waals surface area (Å²) in [5, 5.41) is 8.77. The smallest absolute Gasteiger partial charge is 0.251 e. The van der Waals surface area contributed by atoms with Crippen molar-refractivity contribution in [3.63, 3.8) is 0 Å². The van der Waals surface area contributed by atoms with Crippen LogP contribution >= 0.6 is 0 Å². The number of hydrogen-bond acceptors (Lipinski definition) is 3. The Morgan fingerprint density at radius 3 is 2.75 bits per heavy atom. The van der Waals surface area contributed by atoms with Gasteiger partial charge >= 0.3 is 0 Å². The van der Waals surface area contributed by atoms with Crippen LogP contribution in [0.1, 0.15) is 25.7 Å². The third-order valence-electron chi connectivity index (χ3n) is 2.97. The van der Waals surface area contributed by atoms with Gasteiger partial charge in [0.25, 0.3) is 6.43 Å². The first-order valence-electron chi connectivity index (χ1n) is 5.77. The van der Waals surface area contributed by atoms with Crippen LogP contribution in [0.5, 0.6) is 0 Å². The van der Waals surface area contributed by atoms with Crippen LogP contribution in [0.25, 0.3) is 0 Å². The Kier molecular flexibility index (Phi) is 5.84. The standard InChI is InChI=1S/C11H19F2NO2/c12-11(13)8-14(5-6-15)7-9-3-1-2-4-10(9)16/h9,11,15H,1-8H2. The molecule has 5 heteroatoms. The lowest BCUT2D eigenvalue weighted by atomic mass is 9.87. The van der Waals surface area contributed by atoms with Gasteiger partial charge in [0.15, 0.2) is 0 Å². The molecule has 1 atom stereocenters. The van der Waals surface area contributed by atoms with Crippen molar-refractivity contribution < 1.29 is 18.7 Å². The molecular weight excluding hydrogens is 216 g/mol. The van der Waals surface area contributed by atoms with Gasteiger partial charge in [-0.05, 0) is 12.8 Å². The number of halogens is 2. The number of Topliss-reactive ketones (excluding diaryl/α,β-unsaturated/α-hetero) is 1. The number of carbonyl (C=O) groups is 1. The van der Waals surface area contributed by atoms with Crippen molar-refractivity contribution in [2.75, 3.05) is 26.2 Å². The Morgan fingerprint density at radius 1 is 1.44 bits per heavy atom. The number of hydrogen-bond donors (Lipinski definition) is 1. The second kappa shape index (κ2) is 6.91. The molecule has 0 aliphatic heterocycles. The first-order chi connectivity index (χ1) is 7.63. The molecule has 3 nitrogen and oxygen atoms in total. The Hall–Kier alpha value is -0.550. The number of rotatable bonds is 6. The molecule has 0 spiro atoms. The highest BCUT2D eigenvalue weighted by Gasteiger charge is 2.25. The van der Waals surface area contributed by atoms with Crippen LogP contribution in [0, 0.1) is 5.92 Å². The quantitative estimate of drug-likeness (QED) is 0.754. The number of nitrogens with zero attached hydrogens (tertiary/aromatic N) is 1. The van der Waals surface area contributed by atoms with Crippen LogP contribution in [-0.4, -0.2) is 48.5 Å². The van der Waals surface area contributed by atoms with Crippen LogP contribution in [0.4, 0.5) is 8.78 Å². The number of carbonyl (C=O) groups excluding carboxylic acids is 1. The second-order valence-corrected chi connectivity index (χ2v) is 4.28. The molecule has 1 aliphatic carbocycles. The molecular formula is C11H19F2NO2. The number of ketones is 1. The molecule has 0 radical (unpaired) electrons. The van der Waals surface area contributed by atoms with E-state index in [9.17, 15) is 13.6 Å². The fraction of sp³-hybridized carbons (Fsp3) is 0.909. The van der Waals surface area contributed by atoms with E-state index < -0.39 is 6.43 Å². The largest absolute Gasteiger partial charge is 0.395 e. The molecule has 1 aliphatic rings. The van der Waals surface area contributed by atoms with Gasteiger partial charge in [0.2, 0.25) is 0 Å². The van der Waals surface area contributed by atoms with Gasteiger partial charge in [-0.1, -0.05) is 6.42 Å². The van der Waals surface area contributed by atoms with Crippen LogP contribution in [0.3, 0.4) is 0 Å². The number of aliphatic hydroxyl groups excluding tert-OH is 1. The normalized spacial score (nSPS) is 22.1. The zero-order valence-electron chi connectivity index (χ0n) is 9.37. The highest BCUT2D eigenvalue weighted by atomic mass is 19.3. The molecule has 0 aromatic carbocycles. The maximum absolute atomic E-state index is 12.3. The third kappa shape index (κ3) is 4.53. The summed E-state index contributed by atoms with van der Waals surface area (Å²) in [5.41, 5.74) is 0. The minimum atomic E-state index is -2.41. The van der Waals surface area contributed by atoms with Crippen molar-refractivity contribution in [2.45, 2.75) is 32.1 Å². The highest BCUT2D eigenvalue weighted by Crippen LogP contribution is 2.21. The lowest BCUT2D eigenvalue weighted by Gasteiger charge is -2.28. The molecule has 1 unspecified atom stereocenters. The summed E-state index contributed by atoms with van der Waals surface area (Å²) in [6.07, 6.45) is 0.878. The first kappa shape index (κ1) is 13.5. The summed E-state index contributed by atoms with van der Waals surface area (Å²) in [5.74, 6) is 0.0718. The summed E-state index contributed by atoms with van der Waals surface area (Å²) in [6, 6.07) is 0. The summed E-state index contributed by atoms with van der Waals surface area (Å²) in [6.45, 7) is 0.0792. The number of alkyl halides is 2. The van der Waals surface area contributed by atoms with Crippen molar-refractivity contribution in [1.29, 1.82) is 0 Å². The van der Waals surface area contributed by atoms with E-state index >= 15 is 0 Å². The van der Waals surface area contributed by atoms with Gasteiger partial charge in [0.05, 0.1) is 13.2 Å². The maximum Gasteiger partial charge on any atom is 0.251 e. The second-order valence-electron chi connectivity index (χ2n) is 4.28. The molecule has 0 heterocycles. The molecule has 0 amide bonds. The Labute approximate surface area is 94.4 Å². The Balaban J connectivity index is 2.42. The van der Waals surface area contributed by atoms with Crippen molar-refractivity contribution >= 4 is 5.78 Å². The SMILES string of the molecule is O=C1CCCCC1CN(CCO)CC(F)F. The molecule has 0 aromatic rings. The molecule has 0 aromatic heterocycles. The topological polar surface area (TPSA) is 40.5 Å². The first-order valence-corrected chi connectivity index (χ1v) is 5.77. The number of aliphatic hydroxyl groups is 1. The van der Waals surface area contributed by atoms with E-state index in [0.717, 1.165) is 19.3 Å². The summed E-state index contributed by atoms with van der Waals surface area (Å²) >= 11 is 0. The van der Waals surface area contributed by atoms with Gasteiger partial charge in [0.1, 0.15) is 5.78 Å². The summed E-state index contributed by atoms with van der Waals surface area (Å²) < 4.78 is 24.5. The van der Waals surface area contributed by atoms with Crippen molar-refractivity contribution in [2.24, 2.45) is 5.92 Å². The van der Waals surface area contributed by atoms with E-state index in [4.69, 9.17) is 5.11 Å². The van der Waals surface area contributed by atoms with Gasteiger partial charge in [0, 0.05) is 25.4 Å². The Morgan fingerprint density at radius 2 is 2.19 bits per heavy atom. The van der Waals surface area contributed by atoms with E-state index in [-0.39, 0.29) is 31.4 Å². The van der Waals surface area contributed by atoms with Gasteiger partial charge in [-0.25, -0.2) is 8.78 Å². The van der Waals surface area contributed by atoms with E-state index in [2.05, 4.69) is 0 Å². The van der Waals surface area contributed by atoms with Crippen LogP contribution < -0.4 is 0 Å². The lowest BCUT2D eigenvalue weighted by Crippen LogP contribution is -2.39. The fourth-order valence-electron chi connectivity index (χ4n) is 2.15. The Bertz CT molecular complexity index is 224. The fourth-order valence-corrected chi connectivity index (χ4v) is 2.15. The van der Waals surface area contributed by atoms with E-state index in [0.29, 0.717) is 13.0 Å². The van der Waals surface area contributed by atoms with Crippen LogP contribution in [-0.2, 0) is 4.79 Å². The van der Waals surface area contributed by atoms with Gasteiger partial charge < -0.3 is 5.11 Å². The summed E-state index contributed by atoms with van der Waals surface area (Å²) in [7, 11) is 0. The molecule has 1 N–H and O–H groups in total. The van der Waals surface area contributed by atoms with E-state index in [1.165, 1.54) is 4.90 Å². The average Bonchev–Trinajstić information content (AvgIpc) is 2.21. The van der Waals surface area contributed by atoms with E-state index in [1.807, 2.05) is 0 Å². The van der Waals surface area contributed by atoms with Crippen molar-refractivity contribution in [1.82, 2.24) is 4.90 Å². The molecule has 1 fully saturated rings. The minimum Gasteiger partial charge on any atom is -0.395 e. The zero-order valence-corrected chi connectivity index (χ0v) is 9.37. The molecule has 1 saturated carbocycles. The van der Waals surface area contributed by atoms with Gasteiger partial charge in [-0.2, -0.15) is 0 Å². The van der Waals surface area contributed by atoms with Crippen molar-refractivity contribution in [3.8, 4) is 0 Å². The van der Waals surface area contributed by atoms with Gasteiger partial charge in [-0.15, -0.1) is 0 Å². The van der Waals surface area contributed by atoms with Crippen LogP contribution in [0.15, 0.2) is 0 Å². The molecule has 16 heavy (non-hydrogen) atoms. The molecule has 1 rings (SSSR count). The third-order valence-corrected chi connectivity index (χ3v) is 2.97. The highest BCUT2D eigenvalue weighted by molar-refractivity contribution is 5.81. The lowest BCUT2D eigenvalue weighted by molar-refractivity contribution is -0.125. The summed E-state index contributed by atoms with van der Waals surface area (Å²) in [4.78, 5) is 13.0. The van der Waals surface area contributed by atoms with Gasteiger partial charge in [-0.3, -0.25) is 9.69 Å². The zero-order chi connectivity index (χ0) is 12.0. The predicted molar refractivity (Wildman–Crippen MR) is 56.5 cm³/mol. The predicted octanol–water partition coefficient (Wildman–Crippen LogP) is 1.31. The molecule has 94 valence electrons. The van der Waals surface area contributed by atoms with Crippen LogP contribution in [0.2, 0.25) is 0 Å². The monoisotopic (exact) mass is 235 g/mol. The van der Waals surface area contributed by atoms with Crippen molar-refractivity contribution in [3.05, 3.63) is 0 Å². The van der Waals surface area contributed by atoms with E-state index in [1.54, 1.807) is 0 Å². The maximum atomic E-state index is 12.3.